The first-order valence-electron chi connectivity index (χ1n) is 8.10. The van der Waals surface area contributed by atoms with Gasteiger partial charge in [-0.05, 0) is 26.0 Å². The highest BCUT2D eigenvalue weighted by Crippen LogP contribution is 2.19. The van der Waals surface area contributed by atoms with Crippen LogP contribution in [0.2, 0.25) is 0 Å². The standard InChI is InChI=1S/C16H22N6O2/c1-12(14-5-3-4-6-17-14)21-7-9-22(10-8-21)16(23)18-11-15-19-13(2)20-24-15/h3-6,12H,7-11H2,1-2H3,(H,18,23)/t12-/m0/s1. The second-order valence-corrected chi connectivity index (χ2v) is 5.85. The lowest BCUT2D eigenvalue weighted by atomic mass is 10.1. The van der Waals surface area contributed by atoms with Crippen LogP contribution in [0.3, 0.4) is 0 Å². The molecule has 0 unspecified atom stereocenters. The third-order valence-electron chi connectivity index (χ3n) is 4.23. The van der Waals surface area contributed by atoms with Gasteiger partial charge in [-0.3, -0.25) is 9.88 Å². The van der Waals surface area contributed by atoms with Crippen LogP contribution in [0.25, 0.3) is 0 Å². The maximum absolute atomic E-state index is 12.2. The summed E-state index contributed by atoms with van der Waals surface area (Å²) in [6, 6.07) is 6.11. The first-order chi connectivity index (χ1) is 11.6. The van der Waals surface area contributed by atoms with Gasteiger partial charge in [0.05, 0.1) is 12.2 Å². The number of pyridine rings is 1. The number of hydrogen-bond donors (Lipinski definition) is 1. The SMILES string of the molecule is Cc1noc(CNC(=O)N2CCN([C@@H](C)c3ccccn3)CC2)n1. The van der Waals surface area contributed by atoms with Crippen molar-refractivity contribution in [3.8, 4) is 0 Å². The van der Waals surface area contributed by atoms with Gasteiger partial charge in [0.25, 0.3) is 0 Å². The lowest BCUT2D eigenvalue weighted by Gasteiger charge is -2.37. The van der Waals surface area contributed by atoms with Crippen LogP contribution >= 0.6 is 0 Å². The van der Waals surface area contributed by atoms with Crippen molar-refractivity contribution in [2.75, 3.05) is 26.2 Å². The van der Waals surface area contributed by atoms with Gasteiger partial charge in [0.1, 0.15) is 0 Å². The molecular formula is C16H22N6O2. The molecule has 24 heavy (non-hydrogen) atoms. The molecule has 3 rings (SSSR count). The molecule has 8 heteroatoms. The maximum atomic E-state index is 12.2. The Kier molecular flexibility index (Phi) is 5.05. The predicted molar refractivity (Wildman–Crippen MR) is 87.1 cm³/mol. The highest BCUT2D eigenvalue weighted by molar-refractivity contribution is 5.74. The summed E-state index contributed by atoms with van der Waals surface area (Å²) < 4.78 is 4.99. The summed E-state index contributed by atoms with van der Waals surface area (Å²) in [7, 11) is 0. The predicted octanol–water partition coefficient (Wildman–Crippen LogP) is 1.36. The number of hydrogen-bond acceptors (Lipinski definition) is 6. The zero-order valence-electron chi connectivity index (χ0n) is 14.0. The molecule has 128 valence electrons. The van der Waals surface area contributed by atoms with Crippen LogP contribution in [0.15, 0.2) is 28.9 Å². The summed E-state index contributed by atoms with van der Waals surface area (Å²) in [5, 5.41) is 6.52. The van der Waals surface area contributed by atoms with E-state index < -0.39 is 0 Å². The topological polar surface area (TPSA) is 87.4 Å². The lowest BCUT2D eigenvalue weighted by molar-refractivity contribution is 0.112. The first kappa shape index (κ1) is 16.4. The third kappa shape index (κ3) is 3.88. The van der Waals surface area contributed by atoms with E-state index in [4.69, 9.17) is 4.52 Å². The summed E-state index contributed by atoms with van der Waals surface area (Å²) in [6.45, 7) is 7.17. The van der Waals surface area contributed by atoms with Gasteiger partial charge in [-0.15, -0.1) is 0 Å². The second-order valence-electron chi connectivity index (χ2n) is 5.85. The number of nitrogens with one attached hydrogen (secondary N) is 1. The quantitative estimate of drug-likeness (QED) is 0.911. The van der Waals surface area contributed by atoms with Gasteiger partial charge in [-0.25, -0.2) is 4.79 Å². The van der Waals surface area contributed by atoms with E-state index in [1.165, 1.54) is 0 Å². The molecule has 0 saturated carbocycles. The van der Waals surface area contributed by atoms with Crippen LogP contribution in [0, 0.1) is 6.92 Å². The Hall–Kier alpha value is -2.48. The number of carbonyl (C=O) groups excluding carboxylic acids is 1. The molecule has 3 heterocycles. The molecule has 2 aromatic rings. The minimum absolute atomic E-state index is 0.101. The summed E-state index contributed by atoms with van der Waals surface area (Å²) in [4.78, 5) is 24.9. The van der Waals surface area contributed by atoms with Crippen LogP contribution in [0.4, 0.5) is 4.79 Å². The largest absolute Gasteiger partial charge is 0.337 e. The molecule has 8 nitrogen and oxygen atoms in total. The van der Waals surface area contributed by atoms with Gasteiger partial charge >= 0.3 is 6.03 Å². The van der Waals surface area contributed by atoms with Crippen molar-refractivity contribution in [2.24, 2.45) is 0 Å². The molecule has 1 aliphatic heterocycles. The molecule has 1 N–H and O–H groups in total. The maximum Gasteiger partial charge on any atom is 0.317 e. The first-order valence-corrected chi connectivity index (χ1v) is 8.10. The van der Waals surface area contributed by atoms with E-state index in [1.54, 1.807) is 6.92 Å². The minimum Gasteiger partial charge on any atom is -0.337 e. The highest BCUT2D eigenvalue weighted by Gasteiger charge is 2.25. The Morgan fingerprint density at radius 2 is 2.12 bits per heavy atom. The monoisotopic (exact) mass is 330 g/mol. The van der Waals surface area contributed by atoms with E-state index in [9.17, 15) is 4.79 Å². The normalized spacial score (nSPS) is 16.8. The number of nitrogens with zero attached hydrogens (tertiary/aromatic N) is 5. The Balaban J connectivity index is 1.47. The number of rotatable bonds is 4. The Morgan fingerprint density at radius 3 is 2.75 bits per heavy atom. The fraction of sp³-hybridized carbons (Fsp3) is 0.500. The van der Waals surface area contributed by atoms with E-state index >= 15 is 0 Å². The number of amides is 2. The van der Waals surface area contributed by atoms with E-state index in [1.807, 2.05) is 29.3 Å². The van der Waals surface area contributed by atoms with Crippen LogP contribution in [-0.2, 0) is 6.54 Å². The van der Waals surface area contributed by atoms with Gasteiger partial charge in [0, 0.05) is 38.4 Å². The molecule has 1 fully saturated rings. The van der Waals surface area contributed by atoms with Crippen molar-refractivity contribution in [3.05, 3.63) is 41.8 Å². The lowest BCUT2D eigenvalue weighted by Crippen LogP contribution is -2.52. The second kappa shape index (κ2) is 7.39. The molecule has 2 aromatic heterocycles. The van der Waals surface area contributed by atoms with Crippen LogP contribution < -0.4 is 5.32 Å². The Labute approximate surface area is 140 Å². The average Bonchev–Trinajstić information content (AvgIpc) is 3.05. The average molecular weight is 330 g/mol. The molecule has 0 radical (unpaired) electrons. The molecule has 0 aliphatic carbocycles. The number of piperazine rings is 1. The zero-order valence-corrected chi connectivity index (χ0v) is 14.0. The van der Waals surface area contributed by atoms with Crippen molar-refractivity contribution >= 4 is 6.03 Å². The van der Waals surface area contributed by atoms with Crippen molar-refractivity contribution in [1.82, 2.24) is 30.2 Å². The van der Waals surface area contributed by atoms with Crippen LogP contribution in [0.5, 0.6) is 0 Å². The molecule has 0 bridgehead atoms. The third-order valence-corrected chi connectivity index (χ3v) is 4.23. The van der Waals surface area contributed by atoms with Crippen LogP contribution in [0.1, 0.15) is 30.4 Å². The van der Waals surface area contributed by atoms with Crippen molar-refractivity contribution in [3.63, 3.8) is 0 Å². The summed E-state index contributed by atoms with van der Waals surface area (Å²) in [5.41, 5.74) is 1.06. The highest BCUT2D eigenvalue weighted by atomic mass is 16.5. The van der Waals surface area contributed by atoms with E-state index in [0.29, 0.717) is 24.8 Å². The number of aromatic nitrogens is 3. The van der Waals surface area contributed by atoms with Crippen molar-refractivity contribution < 1.29 is 9.32 Å². The van der Waals surface area contributed by atoms with E-state index in [0.717, 1.165) is 18.8 Å². The molecule has 1 atom stereocenters. The summed E-state index contributed by atoms with van der Waals surface area (Å²) >= 11 is 0. The molecule has 1 aliphatic rings. The van der Waals surface area contributed by atoms with Gasteiger partial charge in [-0.2, -0.15) is 4.98 Å². The van der Waals surface area contributed by atoms with E-state index in [-0.39, 0.29) is 18.6 Å². The summed E-state index contributed by atoms with van der Waals surface area (Å²) in [5.74, 6) is 0.986. The smallest absolute Gasteiger partial charge is 0.317 e. The Morgan fingerprint density at radius 1 is 1.33 bits per heavy atom. The minimum atomic E-state index is -0.101. The fourth-order valence-corrected chi connectivity index (χ4v) is 2.80. The van der Waals surface area contributed by atoms with Gasteiger partial charge in [-0.1, -0.05) is 11.2 Å². The zero-order chi connectivity index (χ0) is 16.9. The number of carbonyl (C=O) groups is 1. The van der Waals surface area contributed by atoms with Gasteiger partial charge in [0.15, 0.2) is 5.82 Å². The van der Waals surface area contributed by atoms with Gasteiger partial charge < -0.3 is 14.7 Å². The molecule has 0 aromatic carbocycles. The van der Waals surface area contributed by atoms with Crippen molar-refractivity contribution in [1.29, 1.82) is 0 Å². The molecule has 1 saturated heterocycles. The molecular weight excluding hydrogens is 308 g/mol. The van der Waals surface area contributed by atoms with Crippen LogP contribution in [-0.4, -0.2) is 57.1 Å². The number of urea groups is 1. The molecule has 0 spiro atoms. The molecule has 2 amide bonds. The van der Waals surface area contributed by atoms with Gasteiger partial charge in [0.2, 0.25) is 5.89 Å². The number of aryl methyl sites for hydroxylation is 1. The Bertz CT molecular complexity index is 666. The fourth-order valence-electron chi connectivity index (χ4n) is 2.80. The summed E-state index contributed by atoms with van der Waals surface area (Å²) in [6.07, 6.45) is 1.81. The van der Waals surface area contributed by atoms with Crippen molar-refractivity contribution in [2.45, 2.75) is 26.4 Å². The van der Waals surface area contributed by atoms with E-state index in [2.05, 4.69) is 32.3 Å².